The number of rotatable bonds is 2. The monoisotopic (exact) mass is 297 g/mol. The average molecular weight is 298 g/mol. The van der Waals surface area contributed by atoms with E-state index in [1.165, 1.54) is 0 Å². The number of halogens is 1. The fourth-order valence-electron chi connectivity index (χ4n) is 2.34. The molecule has 0 heterocycles. The topological polar surface area (TPSA) is 58.6 Å². The van der Waals surface area contributed by atoms with Gasteiger partial charge in [-0.15, -0.1) is 0 Å². The van der Waals surface area contributed by atoms with Gasteiger partial charge < -0.3 is 15.2 Å². The van der Waals surface area contributed by atoms with Crippen LogP contribution in [0.3, 0.4) is 0 Å². The minimum absolute atomic E-state index is 0.360. The van der Waals surface area contributed by atoms with Gasteiger partial charge in [0.2, 0.25) is 0 Å². The quantitative estimate of drug-likeness (QED) is 0.881. The number of aliphatic hydroxyl groups excluding tert-OH is 1. The van der Waals surface area contributed by atoms with Gasteiger partial charge in [0.15, 0.2) is 0 Å². The van der Waals surface area contributed by atoms with Gasteiger partial charge in [-0.05, 0) is 38.5 Å². The number of benzene rings is 1. The SMILES string of the molecule is CC(C)(C)NC(=O)OC1(c2ccc(Cl)cc2)CC(O)C1. The molecule has 0 aliphatic heterocycles. The summed E-state index contributed by atoms with van der Waals surface area (Å²) in [4.78, 5) is 12.0. The van der Waals surface area contributed by atoms with Gasteiger partial charge in [0, 0.05) is 23.4 Å². The Morgan fingerprint density at radius 1 is 1.35 bits per heavy atom. The van der Waals surface area contributed by atoms with E-state index in [0.717, 1.165) is 5.56 Å². The third kappa shape index (κ3) is 3.44. The van der Waals surface area contributed by atoms with Gasteiger partial charge in [0.05, 0.1) is 6.10 Å². The van der Waals surface area contributed by atoms with E-state index >= 15 is 0 Å². The molecule has 1 aromatic carbocycles. The fraction of sp³-hybridized carbons (Fsp3) is 0.533. The predicted octanol–water partition coefficient (Wildman–Crippen LogP) is 3.21. The van der Waals surface area contributed by atoms with Crippen LogP contribution in [0.15, 0.2) is 24.3 Å². The van der Waals surface area contributed by atoms with Gasteiger partial charge in [-0.1, -0.05) is 23.7 Å². The first-order valence-electron chi connectivity index (χ1n) is 6.65. The highest BCUT2D eigenvalue weighted by Gasteiger charge is 2.48. The Labute approximate surface area is 124 Å². The molecule has 0 radical (unpaired) electrons. The summed E-state index contributed by atoms with van der Waals surface area (Å²) in [6.45, 7) is 5.66. The number of ether oxygens (including phenoxy) is 1. The minimum atomic E-state index is -0.751. The first kappa shape index (κ1) is 15.1. The van der Waals surface area contributed by atoms with Crippen molar-refractivity contribution in [3.63, 3.8) is 0 Å². The summed E-state index contributed by atoms with van der Waals surface area (Å²) >= 11 is 5.88. The maximum absolute atomic E-state index is 12.0. The highest BCUT2D eigenvalue weighted by Crippen LogP contribution is 2.45. The predicted molar refractivity (Wildman–Crippen MR) is 77.7 cm³/mol. The van der Waals surface area contributed by atoms with Crippen molar-refractivity contribution in [3.05, 3.63) is 34.9 Å². The van der Waals surface area contributed by atoms with Crippen molar-refractivity contribution in [1.29, 1.82) is 0 Å². The fourth-order valence-corrected chi connectivity index (χ4v) is 2.47. The summed E-state index contributed by atoms with van der Waals surface area (Å²) in [5, 5.41) is 13.0. The second-order valence-electron chi connectivity index (χ2n) is 6.33. The highest BCUT2D eigenvalue weighted by molar-refractivity contribution is 6.30. The molecular formula is C15H20ClNO3. The average Bonchev–Trinajstić information content (AvgIpc) is 2.24. The molecule has 1 aliphatic carbocycles. The van der Waals surface area contributed by atoms with Crippen LogP contribution in [0.1, 0.15) is 39.2 Å². The molecular weight excluding hydrogens is 278 g/mol. The summed E-state index contributed by atoms with van der Waals surface area (Å²) in [5.74, 6) is 0. The second-order valence-corrected chi connectivity index (χ2v) is 6.76. The minimum Gasteiger partial charge on any atom is -0.438 e. The van der Waals surface area contributed by atoms with Crippen LogP contribution < -0.4 is 5.32 Å². The molecule has 2 rings (SSSR count). The Hall–Kier alpha value is -1.26. The van der Waals surface area contributed by atoms with Crippen LogP contribution in [0.4, 0.5) is 4.79 Å². The number of alkyl carbamates (subject to hydrolysis) is 1. The highest BCUT2D eigenvalue weighted by atomic mass is 35.5. The second kappa shape index (κ2) is 5.26. The molecule has 1 aliphatic rings. The maximum atomic E-state index is 12.0. The van der Waals surface area contributed by atoms with Crippen molar-refractivity contribution in [2.75, 3.05) is 0 Å². The molecule has 20 heavy (non-hydrogen) atoms. The van der Waals surface area contributed by atoms with E-state index in [0.29, 0.717) is 17.9 Å². The van der Waals surface area contributed by atoms with Gasteiger partial charge in [-0.3, -0.25) is 0 Å². The molecule has 1 fully saturated rings. The lowest BCUT2D eigenvalue weighted by Gasteiger charge is -2.45. The van der Waals surface area contributed by atoms with Crippen molar-refractivity contribution in [3.8, 4) is 0 Å². The van der Waals surface area contributed by atoms with E-state index in [2.05, 4.69) is 5.32 Å². The lowest BCUT2D eigenvalue weighted by atomic mass is 9.72. The smallest absolute Gasteiger partial charge is 0.408 e. The third-order valence-electron chi connectivity index (χ3n) is 3.27. The lowest BCUT2D eigenvalue weighted by molar-refractivity contribution is -0.123. The largest absolute Gasteiger partial charge is 0.438 e. The van der Waals surface area contributed by atoms with Crippen molar-refractivity contribution in [2.24, 2.45) is 0 Å². The Balaban J connectivity index is 2.14. The van der Waals surface area contributed by atoms with E-state index < -0.39 is 17.8 Å². The summed E-state index contributed by atoms with van der Waals surface area (Å²) in [7, 11) is 0. The zero-order chi connectivity index (χ0) is 15.0. The van der Waals surface area contributed by atoms with Crippen molar-refractivity contribution >= 4 is 17.7 Å². The molecule has 1 amide bonds. The van der Waals surface area contributed by atoms with Gasteiger partial charge in [-0.2, -0.15) is 0 Å². The molecule has 110 valence electrons. The van der Waals surface area contributed by atoms with Crippen molar-refractivity contribution in [1.82, 2.24) is 5.32 Å². The van der Waals surface area contributed by atoms with Crippen LogP contribution >= 0.6 is 11.6 Å². The molecule has 0 bridgehead atoms. The normalized spacial score (nSPS) is 25.8. The number of nitrogens with one attached hydrogen (secondary N) is 1. The number of carbonyl (C=O) groups is 1. The first-order chi connectivity index (χ1) is 9.20. The molecule has 0 spiro atoms. The maximum Gasteiger partial charge on any atom is 0.408 e. The van der Waals surface area contributed by atoms with E-state index in [1.807, 2.05) is 32.9 Å². The standard InChI is InChI=1S/C15H20ClNO3/c1-14(2,3)17-13(19)20-15(8-12(18)9-15)10-4-6-11(16)7-5-10/h4-7,12,18H,8-9H2,1-3H3,(H,17,19). The Bertz CT molecular complexity index is 487. The molecule has 4 nitrogen and oxygen atoms in total. The van der Waals surface area contributed by atoms with Crippen LogP contribution in [-0.4, -0.2) is 22.8 Å². The van der Waals surface area contributed by atoms with E-state index in [9.17, 15) is 9.90 Å². The van der Waals surface area contributed by atoms with Crippen LogP contribution in [-0.2, 0) is 10.3 Å². The number of aliphatic hydroxyl groups is 1. The zero-order valence-corrected chi connectivity index (χ0v) is 12.7. The molecule has 0 aromatic heterocycles. The van der Waals surface area contributed by atoms with Gasteiger partial charge >= 0.3 is 6.09 Å². The Morgan fingerprint density at radius 3 is 2.35 bits per heavy atom. The molecule has 1 saturated carbocycles. The molecule has 2 N–H and O–H groups in total. The molecule has 0 atom stereocenters. The lowest BCUT2D eigenvalue weighted by Crippen LogP contribution is -2.51. The number of hydrogen-bond acceptors (Lipinski definition) is 3. The molecule has 5 heteroatoms. The number of carbonyl (C=O) groups excluding carboxylic acids is 1. The van der Waals surface area contributed by atoms with E-state index in [-0.39, 0.29) is 5.54 Å². The van der Waals surface area contributed by atoms with Gasteiger partial charge in [-0.25, -0.2) is 4.79 Å². The van der Waals surface area contributed by atoms with E-state index in [1.54, 1.807) is 12.1 Å². The van der Waals surface area contributed by atoms with Crippen molar-refractivity contribution < 1.29 is 14.6 Å². The van der Waals surface area contributed by atoms with E-state index in [4.69, 9.17) is 16.3 Å². The number of amides is 1. The van der Waals surface area contributed by atoms with Gasteiger partial charge in [0.25, 0.3) is 0 Å². The summed E-state index contributed by atoms with van der Waals surface area (Å²) in [6.07, 6.45) is -0.0919. The first-order valence-corrected chi connectivity index (χ1v) is 7.03. The van der Waals surface area contributed by atoms with Crippen LogP contribution in [0.2, 0.25) is 5.02 Å². The molecule has 1 aromatic rings. The Kier molecular flexibility index (Phi) is 3.98. The Morgan fingerprint density at radius 2 is 1.90 bits per heavy atom. The molecule has 0 unspecified atom stereocenters. The zero-order valence-electron chi connectivity index (χ0n) is 11.9. The van der Waals surface area contributed by atoms with Crippen LogP contribution in [0.5, 0.6) is 0 Å². The summed E-state index contributed by atoms with van der Waals surface area (Å²) in [5.41, 5.74) is -0.253. The van der Waals surface area contributed by atoms with Crippen LogP contribution in [0, 0.1) is 0 Å². The van der Waals surface area contributed by atoms with Crippen LogP contribution in [0.25, 0.3) is 0 Å². The summed E-state index contributed by atoms with van der Waals surface area (Å²) in [6, 6.07) is 7.18. The van der Waals surface area contributed by atoms with Crippen molar-refractivity contribution in [2.45, 2.75) is 50.9 Å². The molecule has 0 saturated heterocycles. The summed E-state index contributed by atoms with van der Waals surface area (Å²) < 4.78 is 5.59. The number of hydrogen-bond donors (Lipinski definition) is 2. The third-order valence-corrected chi connectivity index (χ3v) is 3.52. The van der Waals surface area contributed by atoms with Gasteiger partial charge in [0.1, 0.15) is 5.60 Å².